The largest absolute Gasteiger partial charge is 0.298 e. The first-order valence-electron chi connectivity index (χ1n) is 8.71. The summed E-state index contributed by atoms with van der Waals surface area (Å²) < 4.78 is 27.4. The van der Waals surface area contributed by atoms with Crippen molar-refractivity contribution in [2.75, 3.05) is 18.5 Å². The van der Waals surface area contributed by atoms with Gasteiger partial charge in [-0.15, -0.1) is 0 Å². The van der Waals surface area contributed by atoms with Crippen molar-refractivity contribution in [2.45, 2.75) is 31.1 Å². The van der Waals surface area contributed by atoms with Gasteiger partial charge in [-0.1, -0.05) is 30.7 Å². The van der Waals surface area contributed by atoms with Crippen molar-refractivity contribution in [2.24, 2.45) is 0 Å². The van der Waals surface area contributed by atoms with Crippen LogP contribution in [0.2, 0.25) is 0 Å². The molecule has 2 aromatic carbocycles. The van der Waals surface area contributed by atoms with E-state index in [1.54, 1.807) is 19.1 Å². The van der Waals surface area contributed by atoms with Gasteiger partial charge in [0.2, 0.25) is 10.0 Å². The molecule has 0 saturated carbocycles. The number of sulfonamides is 1. The summed E-state index contributed by atoms with van der Waals surface area (Å²) in [4.78, 5) is 12.6. The third-order valence-electron chi connectivity index (χ3n) is 4.48. The van der Waals surface area contributed by atoms with Gasteiger partial charge >= 0.3 is 0 Å². The summed E-state index contributed by atoms with van der Waals surface area (Å²) in [6, 6.07) is 14.0. The van der Waals surface area contributed by atoms with Crippen LogP contribution in [0.3, 0.4) is 0 Å². The van der Waals surface area contributed by atoms with Gasteiger partial charge in [0.15, 0.2) is 0 Å². The number of aryl methyl sites for hydroxylation is 1. The van der Waals surface area contributed by atoms with Gasteiger partial charge in [0.05, 0.1) is 10.6 Å². The molecule has 6 nitrogen and oxygen atoms in total. The Hall–Kier alpha value is -2.38. The minimum atomic E-state index is -3.58. The molecule has 0 radical (unpaired) electrons. The van der Waals surface area contributed by atoms with E-state index in [-0.39, 0.29) is 10.8 Å². The van der Waals surface area contributed by atoms with Crippen LogP contribution in [0, 0.1) is 6.92 Å². The quantitative estimate of drug-likeness (QED) is 0.790. The van der Waals surface area contributed by atoms with Crippen LogP contribution in [0.15, 0.2) is 53.4 Å². The minimum absolute atomic E-state index is 0.201. The number of hydrogen-bond donors (Lipinski definition) is 2. The molecule has 1 aliphatic rings. The molecule has 0 atom stereocenters. The molecule has 1 heterocycles. The lowest BCUT2D eigenvalue weighted by molar-refractivity contribution is 0.0962. The van der Waals surface area contributed by atoms with Gasteiger partial charge in [-0.25, -0.2) is 8.42 Å². The van der Waals surface area contributed by atoms with Crippen LogP contribution in [0.5, 0.6) is 0 Å². The van der Waals surface area contributed by atoms with Crippen LogP contribution in [-0.4, -0.2) is 31.7 Å². The van der Waals surface area contributed by atoms with Crippen molar-refractivity contribution in [3.05, 3.63) is 59.7 Å². The van der Waals surface area contributed by atoms with E-state index in [1.807, 2.05) is 30.3 Å². The Morgan fingerprint density at radius 2 is 1.69 bits per heavy atom. The van der Waals surface area contributed by atoms with E-state index in [9.17, 15) is 13.2 Å². The molecular formula is C19H23N3O3S. The Morgan fingerprint density at radius 1 is 1.00 bits per heavy atom. The SMILES string of the molecule is Cc1ccc(C(=O)NNc2ccccc2)cc1S(=O)(=O)N1CCCCC1. The molecule has 1 saturated heterocycles. The first kappa shape index (κ1) is 18.4. The molecule has 26 heavy (non-hydrogen) atoms. The van der Waals surface area contributed by atoms with E-state index in [2.05, 4.69) is 10.9 Å². The summed E-state index contributed by atoms with van der Waals surface area (Å²) >= 11 is 0. The van der Waals surface area contributed by atoms with Crippen LogP contribution in [0.1, 0.15) is 35.2 Å². The third-order valence-corrected chi connectivity index (χ3v) is 6.52. The lowest BCUT2D eigenvalue weighted by atomic mass is 10.1. The maximum atomic E-state index is 12.9. The zero-order valence-electron chi connectivity index (χ0n) is 14.7. The van der Waals surface area contributed by atoms with Crippen molar-refractivity contribution in [3.8, 4) is 0 Å². The van der Waals surface area contributed by atoms with E-state index in [1.165, 1.54) is 10.4 Å². The molecule has 138 valence electrons. The molecule has 1 aliphatic heterocycles. The number of rotatable bonds is 5. The first-order valence-corrected chi connectivity index (χ1v) is 10.1. The average molecular weight is 373 g/mol. The zero-order valence-corrected chi connectivity index (χ0v) is 15.6. The summed E-state index contributed by atoms with van der Waals surface area (Å²) in [5.41, 5.74) is 7.10. The fraction of sp³-hybridized carbons (Fsp3) is 0.316. The number of amides is 1. The topological polar surface area (TPSA) is 78.5 Å². The Balaban J connectivity index is 1.79. The second-order valence-electron chi connectivity index (χ2n) is 6.39. The number of piperidine rings is 1. The van der Waals surface area contributed by atoms with Gasteiger partial charge in [0.25, 0.3) is 5.91 Å². The molecule has 0 aromatic heterocycles. The number of para-hydroxylation sites is 1. The number of hydrazine groups is 1. The lowest BCUT2D eigenvalue weighted by Crippen LogP contribution is -2.36. The Labute approximate surface area is 154 Å². The number of nitrogens with zero attached hydrogens (tertiary/aromatic N) is 1. The standard InChI is InChI=1S/C19H23N3O3S/c1-15-10-11-16(19(23)21-20-17-8-4-2-5-9-17)14-18(15)26(24,25)22-12-6-3-7-13-22/h2,4-5,8-11,14,20H,3,6-7,12-13H2,1H3,(H,21,23). The number of carbonyl (C=O) groups is 1. The summed E-state index contributed by atoms with van der Waals surface area (Å²) in [6.45, 7) is 2.82. The lowest BCUT2D eigenvalue weighted by Gasteiger charge is -2.26. The predicted molar refractivity (Wildman–Crippen MR) is 101 cm³/mol. The molecule has 7 heteroatoms. The van der Waals surface area contributed by atoms with Crippen LogP contribution < -0.4 is 10.9 Å². The molecule has 0 unspecified atom stereocenters. The van der Waals surface area contributed by atoms with Gasteiger partial charge < -0.3 is 0 Å². The van der Waals surface area contributed by atoms with Crippen molar-refractivity contribution in [3.63, 3.8) is 0 Å². The molecule has 2 aromatic rings. The molecular weight excluding hydrogens is 350 g/mol. The van der Waals surface area contributed by atoms with E-state index < -0.39 is 10.0 Å². The van der Waals surface area contributed by atoms with E-state index in [0.717, 1.165) is 24.9 Å². The highest BCUT2D eigenvalue weighted by atomic mass is 32.2. The first-order chi connectivity index (χ1) is 12.5. The van der Waals surface area contributed by atoms with Crippen LogP contribution in [0.25, 0.3) is 0 Å². The van der Waals surface area contributed by atoms with Gasteiger partial charge in [-0.2, -0.15) is 4.31 Å². The number of anilines is 1. The third kappa shape index (κ3) is 4.05. The van der Waals surface area contributed by atoms with Crippen molar-refractivity contribution in [1.82, 2.24) is 9.73 Å². The van der Waals surface area contributed by atoms with Gasteiger partial charge in [-0.05, 0) is 49.6 Å². The summed E-state index contributed by atoms with van der Waals surface area (Å²) in [7, 11) is -3.58. The Bertz CT molecular complexity index is 876. The zero-order chi connectivity index (χ0) is 18.6. The Morgan fingerprint density at radius 3 is 2.38 bits per heavy atom. The van der Waals surface area contributed by atoms with Gasteiger partial charge in [0.1, 0.15) is 0 Å². The summed E-state index contributed by atoms with van der Waals surface area (Å²) in [5.74, 6) is -0.385. The second-order valence-corrected chi connectivity index (χ2v) is 8.30. The van der Waals surface area contributed by atoms with E-state index in [4.69, 9.17) is 0 Å². The molecule has 1 amide bonds. The number of nitrogens with one attached hydrogen (secondary N) is 2. The van der Waals surface area contributed by atoms with Crippen molar-refractivity contribution in [1.29, 1.82) is 0 Å². The number of carbonyl (C=O) groups excluding carboxylic acids is 1. The van der Waals surface area contributed by atoms with Crippen LogP contribution in [0.4, 0.5) is 5.69 Å². The number of hydrogen-bond acceptors (Lipinski definition) is 4. The predicted octanol–water partition coefficient (Wildman–Crippen LogP) is 2.93. The normalized spacial score (nSPS) is 15.4. The molecule has 1 fully saturated rings. The van der Waals surface area contributed by atoms with Crippen molar-refractivity contribution < 1.29 is 13.2 Å². The average Bonchev–Trinajstić information content (AvgIpc) is 2.68. The van der Waals surface area contributed by atoms with Gasteiger partial charge in [-0.3, -0.25) is 15.6 Å². The maximum Gasteiger partial charge on any atom is 0.269 e. The highest BCUT2D eigenvalue weighted by molar-refractivity contribution is 7.89. The fourth-order valence-electron chi connectivity index (χ4n) is 2.99. The monoisotopic (exact) mass is 373 g/mol. The molecule has 0 aliphatic carbocycles. The summed E-state index contributed by atoms with van der Waals surface area (Å²) in [5, 5.41) is 0. The molecule has 0 spiro atoms. The minimum Gasteiger partial charge on any atom is -0.298 e. The summed E-state index contributed by atoms with van der Waals surface area (Å²) in [6.07, 6.45) is 2.80. The fourth-order valence-corrected chi connectivity index (χ4v) is 4.75. The maximum absolute atomic E-state index is 12.9. The second kappa shape index (κ2) is 7.88. The van der Waals surface area contributed by atoms with E-state index >= 15 is 0 Å². The molecule has 2 N–H and O–H groups in total. The number of benzene rings is 2. The van der Waals surface area contributed by atoms with Gasteiger partial charge in [0, 0.05) is 18.7 Å². The Kier molecular flexibility index (Phi) is 5.58. The molecule has 3 rings (SSSR count). The van der Waals surface area contributed by atoms with Crippen LogP contribution in [-0.2, 0) is 10.0 Å². The molecule has 0 bridgehead atoms. The highest BCUT2D eigenvalue weighted by Crippen LogP contribution is 2.24. The van der Waals surface area contributed by atoms with Crippen molar-refractivity contribution >= 4 is 21.6 Å². The van der Waals surface area contributed by atoms with Crippen LogP contribution >= 0.6 is 0 Å². The highest BCUT2D eigenvalue weighted by Gasteiger charge is 2.28. The smallest absolute Gasteiger partial charge is 0.269 e. The van der Waals surface area contributed by atoms with E-state index in [0.29, 0.717) is 24.2 Å².